The van der Waals surface area contributed by atoms with Gasteiger partial charge in [0.25, 0.3) is 0 Å². The van der Waals surface area contributed by atoms with Gasteiger partial charge in [0, 0.05) is 16.6 Å². The Morgan fingerprint density at radius 2 is 1.78 bits per heavy atom. The maximum Gasteiger partial charge on any atom is 0.416 e. The van der Waals surface area contributed by atoms with Gasteiger partial charge in [0.05, 0.1) is 16.6 Å². The number of carboxylic acid groups (broad SMARTS) is 1. The van der Waals surface area contributed by atoms with Crippen LogP contribution in [0, 0.1) is 0 Å². The molecule has 0 amide bonds. The lowest BCUT2D eigenvalue weighted by atomic mass is 9.97. The number of benzene rings is 3. The van der Waals surface area contributed by atoms with Gasteiger partial charge in [0.1, 0.15) is 0 Å². The topological polar surface area (TPSA) is 67.2 Å². The van der Waals surface area contributed by atoms with Gasteiger partial charge in [-0.1, -0.05) is 66.6 Å². The normalized spacial score (nSPS) is 14.2. The van der Waals surface area contributed by atoms with E-state index in [-0.39, 0.29) is 5.56 Å². The van der Waals surface area contributed by atoms with E-state index in [1.165, 1.54) is 36.6 Å². The van der Waals surface area contributed by atoms with E-state index < -0.39 is 17.7 Å². The van der Waals surface area contributed by atoms with Crippen LogP contribution in [0.5, 0.6) is 0 Å². The summed E-state index contributed by atoms with van der Waals surface area (Å²) in [5.74, 6) is -0.977. The number of aromatic amines is 1. The van der Waals surface area contributed by atoms with Gasteiger partial charge in [-0.25, -0.2) is 4.79 Å². The Hall–Kier alpha value is -3.29. The van der Waals surface area contributed by atoms with Gasteiger partial charge in [-0.3, -0.25) is 0 Å². The van der Waals surface area contributed by atoms with Crippen LogP contribution >= 0.6 is 11.6 Å². The molecule has 0 unspecified atom stereocenters. The first kappa shape index (κ1) is 26.8. The predicted molar refractivity (Wildman–Crippen MR) is 140 cm³/mol. The number of aromatic nitrogens is 1. The third-order valence-electron chi connectivity index (χ3n) is 6.61. The van der Waals surface area contributed by atoms with Crippen molar-refractivity contribution in [3.8, 4) is 0 Å². The molecule has 37 heavy (non-hydrogen) atoms. The predicted octanol–water partition coefficient (Wildman–Crippen LogP) is 8.39. The number of fused-ring (bicyclic) bond motifs is 1. The summed E-state index contributed by atoms with van der Waals surface area (Å²) in [6, 6.07) is 19.0. The van der Waals surface area contributed by atoms with Crippen LogP contribution < -0.4 is 0 Å². The molecule has 0 aliphatic heterocycles. The highest BCUT2D eigenvalue weighted by atomic mass is 35.5. The number of nitrogens with one attached hydrogen (secondary N) is 1. The standard InChI is InChI=1S/C20H21F3N.C9H6ClNO2/c1-19(10-11-19)17-7-5-16(6-8-17)14-24-12-9-15-3-2-4-18(13-15)20(21,22)23;10-6-3-5-1-2-11-8(5)7(4-6)9(12)13/h2-8,13H,9-12,14H2,1H3;1-4,11H,(H,12,13)/q-1;. The number of carbonyl (C=O) groups is 1. The van der Waals surface area contributed by atoms with Crippen molar-refractivity contribution in [2.75, 3.05) is 6.54 Å². The summed E-state index contributed by atoms with van der Waals surface area (Å²) in [5, 5.41) is 14.5. The van der Waals surface area contributed by atoms with Crippen molar-refractivity contribution in [1.82, 2.24) is 4.98 Å². The molecule has 1 aromatic heterocycles. The molecule has 1 aliphatic carbocycles. The summed E-state index contributed by atoms with van der Waals surface area (Å²) < 4.78 is 38.0. The fraction of sp³-hybridized carbons (Fsp3) is 0.276. The Balaban J connectivity index is 0.000000207. The molecule has 1 fully saturated rings. The summed E-state index contributed by atoms with van der Waals surface area (Å²) in [4.78, 5) is 13.6. The first-order valence-electron chi connectivity index (χ1n) is 11.9. The van der Waals surface area contributed by atoms with E-state index in [2.05, 4.69) is 41.5 Å². The van der Waals surface area contributed by atoms with E-state index in [4.69, 9.17) is 16.7 Å². The molecule has 0 radical (unpaired) electrons. The second kappa shape index (κ2) is 11.0. The van der Waals surface area contributed by atoms with Crippen LogP contribution in [0.25, 0.3) is 16.2 Å². The third kappa shape index (κ3) is 6.93. The number of H-pyrrole nitrogens is 1. The molecule has 0 bridgehead atoms. The average Bonchev–Trinajstić information content (AvgIpc) is 3.44. The SMILES string of the molecule is CC1(c2ccc(C[N-]CCc3cccc(C(F)(F)F)c3)cc2)CC1.O=C(O)c1cc(Cl)cc2cc[nH]c12. The second-order valence-corrected chi connectivity index (χ2v) is 9.95. The maximum atomic E-state index is 12.7. The van der Waals surface area contributed by atoms with E-state index in [1.807, 2.05) is 0 Å². The van der Waals surface area contributed by atoms with Crippen LogP contribution in [0.15, 0.2) is 72.9 Å². The molecule has 1 aliphatic rings. The number of rotatable bonds is 7. The average molecular weight is 528 g/mol. The monoisotopic (exact) mass is 527 g/mol. The zero-order valence-corrected chi connectivity index (χ0v) is 21.0. The number of halogens is 4. The van der Waals surface area contributed by atoms with Gasteiger partial charge in [-0.15, -0.1) is 13.1 Å². The summed E-state index contributed by atoms with van der Waals surface area (Å²) in [6.45, 7) is 3.41. The Morgan fingerprint density at radius 1 is 1.05 bits per heavy atom. The smallest absolute Gasteiger partial charge is 0.416 e. The number of aromatic carboxylic acids is 1. The lowest BCUT2D eigenvalue weighted by Crippen LogP contribution is -2.05. The van der Waals surface area contributed by atoms with Crippen molar-refractivity contribution >= 4 is 28.5 Å². The molecule has 0 saturated heterocycles. The van der Waals surface area contributed by atoms with Crippen molar-refractivity contribution in [2.24, 2.45) is 0 Å². The Morgan fingerprint density at radius 3 is 2.43 bits per heavy atom. The summed E-state index contributed by atoms with van der Waals surface area (Å²) in [5.41, 5.74) is 3.79. The first-order valence-corrected chi connectivity index (χ1v) is 12.3. The second-order valence-electron chi connectivity index (χ2n) is 9.51. The van der Waals surface area contributed by atoms with Crippen LogP contribution in [0.2, 0.25) is 5.02 Å². The molecule has 1 heterocycles. The fourth-order valence-corrected chi connectivity index (χ4v) is 4.34. The molecule has 5 rings (SSSR count). The van der Waals surface area contributed by atoms with E-state index in [0.717, 1.165) is 17.0 Å². The fourth-order valence-electron chi connectivity index (χ4n) is 4.11. The molecule has 1 saturated carbocycles. The number of alkyl halides is 3. The molecule has 4 aromatic rings. The quantitative estimate of drug-likeness (QED) is 0.237. The molecule has 2 N–H and O–H groups in total. The van der Waals surface area contributed by atoms with Crippen LogP contribution in [-0.2, 0) is 24.6 Å². The van der Waals surface area contributed by atoms with Crippen molar-refractivity contribution in [1.29, 1.82) is 0 Å². The summed E-state index contributed by atoms with van der Waals surface area (Å²) in [6.07, 6.45) is 0.446. The van der Waals surface area contributed by atoms with E-state index in [9.17, 15) is 18.0 Å². The van der Waals surface area contributed by atoms with Crippen LogP contribution in [0.4, 0.5) is 13.2 Å². The molecule has 8 heteroatoms. The van der Waals surface area contributed by atoms with Gasteiger partial charge in [-0.05, 0) is 60.1 Å². The molecular formula is C29H27ClF3N2O2-. The van der Waals surface area contributed by atoms with Crippen molar-refractivity contribution in [3.63, 3.8) is 0 Å². The summed E-state index contributed by atoms with van der Waals surface area (Å²) >= 11 is 5.75. The van der Waals surface area contributed by atoms with E-state index in [0.29, 0.717) is 41.0 Å². The lowest BCUT2D eigenvalue weighted by molar-refractivity contribution is -0.137. The van der Waals surface area contributed by atoms with Gasteiger partial charge in [-0.2, -0.15) is 13.2 Å². The molecule has 0 spiro atoms. The number of nitrogens with zero attached hydrogens (tertiary/aromatic N) is 1. The minimum absolute atomic E-state index is 0.201. The summed E-state index contributed by atoms with van der Waals surface area (Å²) in [7, 11) is 0. The van der Waals surface area contributed by atoms with Gasteiger partial charge in [0.2, 0.25) is 0 Å². The van der Waals surface area contributed by atoms with Crippen molar-refractivity contribution < 1.29 is 23.1 Å². The molecule has 0 atom stereocenters. The lowest BCUT2D eigenvalue weighted by Gasteiger charge is -2.20. The maximum absolute atomic E-state index is 12.7. The van der Waals surface area contributed by atoms with Crippen LogP contribution in [0.3, 0.4) is 0 Å². The molecule has 4 nitrogen and oxygen atoms in total. The minimum atomic E-state index is -4.28. The number of hydrogen-bond acceptors (Lipinski definition) is 1. The van der Waals surface area contributed by atoms with Gasteiger partial charge >= 0.3 is 12.1 Å². The van der Waals surface area contributed by atoms with Gasteiger partial charge < -0.3 is 15.4 Å². The van der Waals surface area contributed by atoms with E-state index >= 15 is 0 Å². The van der Waals surface area contributed by atoms with Gasteiger partial charge in [0.15, 0.2) is 0 Å². The highest BCUT2D eigenvalue weighted by molar-refractivity contribution is 6.32. The third-order valence-corrected chi connectivity index (χ3v) is 6.83. The van der Waals surface area contributed by atoms with Crippen LogP contribution in [0.1, 0.15) is 52.4 Å². The highest BCUT2D eigenvalue weighted by Crippen LogP contribution is 2.47. The van der Waals surface area contributed by atoms with E-state index in [1.54, 1.807) is 24.4 Å². The largest absolute Gasteiger partial charge is 0.658 e. The zero-order chi connectivity index (χ0) is 26.6. The van der Waals surface area contributed by atoms with Crippen molar-refractivity contribution in [2.45, 2.75) is 44.3 Å². The number of hydrogen-bond donors (Lipinski definition) is 2. The Kier molecular flexibility index (Phi) is 7.95. The number of carboxylic acids is 1. The van der Waals surface area contributed by atoms with Crippen LogP contribution in [-0.4, -0.2) is 22.6 Å². The molecular weight excluding hydrogens is 501 g/mol. The van der Waals surface area contributed by atoms with Crippen molar-refractivity contribution in [3.05, 3.63) is 111 Å². The Bertz CT molecular complexity index is 1380. The molecule has 3 aromatic carbocycles. The minimum Gasteiger partial charge on any atom is -0.658 e. The Labute approximate surface area is 218 Å². The zero-order valence-electron chi connectivity index (χ0n) is 20.3. The first-order chi connectivity index (χ1) is 17.5. The molecule has 194 valence electrons. The highest BCUT2D eigenvalue weighted by Gasteiger charge is 2.38.